The van der Waals surface area contributed by atoms with Gasteiger partial charge in [0.2, 0.25) is 0 Å². The molecule has 1 aliphatic rings. The topological polar surface area (TPSA) is 70.5 Å². The number of aromatic nitrogens is 1. The van der Waals surface area contributed by atoms with Crippen LogP contribution in [-0.4, -0.2) is 21.8 Å². The van der Waals surface area contributed by atoms with E-state index in [0.717, 1.165) is 6.07 Å². The van der Waals surface area contributed by atoms with Crippen LogP contribution >= 0.6 is 11.6 Å². The van der Waals surface area contributed by atoms with Crippen LogP contribution in [-0.2, 0) is 9.59 Å². The molecule has 25 heavy (non-hydrogen) atoms. The average molecular weight is 361 g/mol. The molecule has 128 valence electrons. The van der Waals surface area contributed by atoms with Crippen molar-refractivity contribution in [1.29, 1.82) is 0 Å². The van der Waals surface area contributed by atoms with Crippen LogP contribution in [0.15, 0.2) is 53.9 Å². The summed E-state index contributed by atoms with van der Waals surface area (Å²) in [5, 5.41) is 10.1. The van der Waals surface area contributed by atoms with E-state index < -0.39 is 23.5 Å². The van der Waals surface area contributed by atoms with E-state index in [1.807, 2.05) is 0 Å². The van der Waals surface area contributed by atoms with E-state index in [2.05, 4.69) is 4.98 Å². The van der Waals surface area contributed by atoms with Crippen LogP contribution in [0.1, 0.15) is 25.1 Å². The Balaban J connectivity index is 2.18. The molecule has 5 nitrogen and oxygen atoms in total. The predicted octanol–water partition coefficient (Wildman–Crippen LogP) is 3.75. The van der Waals surface area contributed by atoms with Crippen LogP contribution in [0, 0.1) is 5.82 Å². The maximum Gasteiger partial charge on any atom is 0.294 e. The third-order valence-corrected chi connectivity index (χ3v) is 4.27. The molecule has 1 unspecified atom stereocenters. The Morgan fingerprint density at radius 2 is 2.12 bits per heavy atom. The lowest BCUT2D eigenvalue weighted by atomic mass is 9.98. The molecule has 1 aromatic heterocycles. The molecule has 3 rings (SSSR count). The van der Waals surface area contributed by atoms with E-state index in [1.54, 1.807) is 25.1 Å². The van der Waals surface area contributed by atoms with E-state index in [-0.39, 0.29) is 28.5 Å². The van der Waals surface area contributed by atoms with Crippen molar-refractivity contribution in [2.75, 3.05) is 4.90 Å². The molecule has 7 heteroatoms. The van der Waals surface area contributed by atoms with Crippen molar-refractivity contribution in [3.05, 3.63) is 70.5 Å². The van der Waals surface area contributed by atoms with E-state index in [9.17, 15) is 19.1 Å². The number of benzene rings is 1. The molecule has 1 amide bonds. The lowest BCUT2D eigenvalue weighted by Gasteiger charge is -2.26. The standard InChI is InChI=1S/C18H14ClFN2O3/c1-2-14(23)15-16(13-5-3-4-8-21-13)22(18(25)17(15)24)10-6-7-12(20)11(19)9-10/h3-9,16,24H,2H2,1H3. The molecule has 0 saturated carbocycles. The first-order valence-corrected chi connectivity index (χ1v) is 7.99. The fourth-order valence-electron chi connectivity index (χ4n) is 2.80. The molecule has 1 aromatic carbocycles. The zero-order chi connectivity index (χ0) is 18.1. The molecule has 0 spiro atoms. The molecule has 0 saturated heterocycles. The summed E-state index contributed by atoms with van der Waals surface area (Å²) in [6, 6.07) is 7.92. The molecule has 2 heterocycles. The van der Waals surface area contributed by atoms with Crippen molar-refractivity contribution in [2.45, 2.75) is 19.4 Å². The third kappa shape index (κ3) is 2.89. The number of anilines is 1. The highest BCUT2D eigenvalue weighted by molar-refractivity contribution is 6.31. The van der Waals surface area contributed by atoms with Gasteiger partial charge in [-0.1, -0.05) is 24.6 Å². The molecule has 0 fully saturated rings. The lowest BCUT2D eigenvalue weighted by Crippen LogP contribution is -2.31. The number of hydrogen-bond donors (Lipinski definition) is 1. The minimum absolute atomic E-state index is 0.0216. The number of carbonyl (C=O) groups is 2. The lowest BCUT2D eigenvalue weighted by molar-refractivity contribution is -0.118. The van der Waals surface area contributed by atoms with Gasteiger partial charge in [-0.15, -0.1) is 0 Å². The van der Waals surface area contributed by atoms with Crippen molar-refractivity contribution < 1.29 is 19.1 Å². The van der Waals surface area contributed by atoms with Gasteiger partial charge in [0.15, 0.2) is 11.5 Å². The quantitative estimate of drug-likeness (QED) is 0.901. The summed E-state index contributed by atoms with van der Waals surface area (Å²) >= 11 is 5.82. The number of aliphatic hydroxyl groups is 1. The van der Waals surface area contributed by atoms with E-state index in [0.29, 0.717) is 5.69 Å². The fourth-order valence-corrected chi connectivity index (χ4v) is 2.97. The first kappa shape index (κ1) is 17.1. The van der Waals surface area contributed by atoms with Gasteiger partial charge < -0.3 is 5.11 Å². The Bertz CT molecular complexity index is 883. The second-order valence-electron chi connectivity index (χ2n) is 5.47. The van der Waals surface area contributed by atoms with Gasteiger partial charge in [0.1, 0.15) is 11.9 Å². The number of amides is 1. The van der Waals surface area contributed by atoms with Gasteiger partial charge in [-0.05, 0) is 30.3 Å². The number of carbonyl (C=O) groups excluding carboxylic acids is 2. The second kappa shape index (κ2) is 6.64. The van der Waals surface area contributed by atoms with Crippen molar-refractivity contribution in [2.24, 2.45) is 0 Å². The van der Waals surface area contributed by atoms with Gasteiger partial charge in [-0.25, -0.2) is 4.39 Å². The zero-order valence-electron chi connectivity index (χ0n) is 13.2. The summed E-state index contributed by atoms with van der Waals surface area (Å²) in [6.07, 6.45) is 1.65. The minimum atomic E-state index is -0.900. The van der Waals surface area contributed by atoms with Gasteiger partial charge in [0, 0.05) is 18.3 Å². The maximum absolute atomic E-state index is 13.5. The van der Waals surface area contributed by atoms with Gasteiger partial charge in [-0.2, -0.15) is 0 Å². The Morgan fingerprint density at radius 1 is 1.36 bits per heavy atom. The minimum Gasteiger partial charge on any atom is -0.503 e. The Kier molecular flexibility index (Phi) is 4.55. The Labute approximate surface area is 148 Å². The molecule has 1 N–H and O–H groups in total. The van der Waals surface area contributed by atoms with E-state index in [4.69, 9.17) is 11.6 Å². The zero-order valence-corrected chi connectivity index (χ0v) is 14.0. The number of hydrogen-bond acceptors (Lipinski definition) is 4. The molecule has 0 bridgehead atoms. The van der Waals surface area contributed by atoms with E-state index in [1.165, 1.54) is 23.2 Å². The van der Waals surface area contributed by atoms with Gasteiger partial charge in [-0.3, -0.25) is 19.5 Å². The number of pyridine rings is 1. The molecule has 1 aliphatic heterocycles. The Morgan fingerprint density at radius 3 is 2.72 bits per heavy atom. The van der Waals surface area contributed by atoms with Gasteiger partial charge >= 0.3 is 0 Å². The fraction of sp³-hybridized carbons (Fsp3) is 0.167. The number of halogens is 2. The molecule has 2 aromatic rings. The monoisotopic (exact) mass is 360 g/mol. The number of Topliss-reactive ketones (excluding diaryl/α,β-unsaturated/α-hetero) is 1. The highest BCUT2D eigenvalue weighted by Gasteiger charge is 2.44. The van der Waals surface area contributed by atoms with Crippen LogP contribution < -0.4 is 4.90 Å². The number of nitrogens with zero attached hydrogens (tertiary/aromatic N) is 2. The summed E-state index contributed by atoms with van der Waals surface area (Å²) < 4.78 is 13.5. The highest BCUT2D eigenvalue weighted by Crippen LogP contribution is 2.41. The molecule has 0 radical (unpaired) electrons. The van der Waals surface area contributed by atoms with Crippen molar-refractivity contribution in [3.63, 3.8) is 0 Å². The van der Waals surface area contributed by atoms with Crippen LogP contribution in [0.4, 0.5) is 10.1 Å². The summed E-state index contributed by atoms with van der Waals surface area (Å²) in [7, 11) is 0. The van der Waals surface area contributed by atoms with Gasteiger partial charge in [0.05, 0.1) is 16.3 Å². The molecule has 1 atom stereocenters. The number of rotatable bonds is 4. The third-order valence-electron chi connectivity index (χ3n) is 3.98. The van der Waals surface area contributed by atoms with Gasteiger partial charge in [0.25, 0.3) is 5.91 Å². The Hall–Kier alpha value is -2.73. The largest absolute Gasteiger partial charge is 0.503 e. The second-order valence-corrected chi connectivity index (χ2v) is 5.88. The number of aliphatic hydroxyl groups excluding tert-OH is 1. The van der Waals surface area contributed by atoms with Crippen molar-refractivity contribution in [3.8, 4) is 0 Å². The first-order chi connectivity index (χ1) is 12.0. The summed E-state index contributed by atoms with van der Waals surface area (Å²) in [6.45, 7) is 1.64. The van der Waals surface area contributed by atoms with Crippen LogP contribution in [0.25, 0.3) is 0 Å². The SMILES string of the molecule is CCC(=O)C1=C(O)C(=O)N(c2ccc(F)c(Cl)c2)C1c1ccccn1. The summed E-state index contributed by atoms with van der Waals surface area (Å²) in [5.41, 5.74) is 0.654. The smallest absolute Gasteiger partial charge is 0.294 e. The van der Waals surface area contributed by atoms with Crippen molar-refractivity contribution >= 4 is 29.0 Å². The average Bonchev–Trinajstić information content (AvgIpc) is 2.89. The van der Waals surface area contributed by atoms with Crippen LogP contribution in [0.2, 0.25) is 5.02 Å². The predicted molar refractivity (Wildman–Crippen MR) is 90.8 cm³/mol. The van der Waals surface area contributed by atoms with Crippen LogP contribution in [0.5, 0.6) is 0 Å². The highest BCUT2D eigenvalue weighted by atomic mass is 35.5. The van der Waals surface area contributed by atoms with Crippen LogP contribution in [0.3, 0.4) is 0 Å². The summed E-state index contributed by atoms with van der Waals surface area (Å²) in [4.78, 5) is 30.4. The normalized spacial score (nSPS) is 17.3. The first-order valence-electron chi connectivity index (χ1n) is 7.61. The molecule has 0 aliphatic carbocycles. The maximum atomic E-state index is 13.5. The molecular formula is C18H14ClFN2O3. The van der Waals surface area contributed by atoms with E-state index >= 15 is 0 Å². The molecular weight excluding hydrogens is 347 g/mol. The number of ketones is 1. The van der Waals surface area contributed by atoms with Crippen molar-refractivity contribution in [1.82, 2.24) is 4.98 Å². The summed E-state index contributed by atoms with van der Waals surface area (Å²) in [5.74, 6) is -2.37.